The van der Waals surface area contributed by atoms with Crippen molar-refractivity contribution in [3.63, 3.8) is 0 Å². The lowest BCUT2D eigenvalue weighted by atomic mass is 10.1. The van der Waals surface area contributed by atoms with Crippen molar-refractivity contribution in [3.8, 4) is 22.8 Å². The zero-order valence-corrected chi connectivity index (χ0v) is 20.1. The summed E-state index contributed by atoms with van der Waals surface area (Å²) in [7, 11) is 1.63. The Kier molecular flexibility index (Phi) is 7.01. The van der Waals surface area contributed by atoms with Crippen LogP contribution < -0.4 is 10.1 Å². The Labute approximate surface area is 202 Å². The molecule has 0 spiro atoms. The van der Waals surface area contributed by atoms with Crippen LogP contribution in [-0.4, -0.2) is 33.5 Å². The molecule has 0 saturated carbocycles. The number of thioether (sulfide) groups is 1. The summed E-state index contributed by atoms with van der Waals surface area (Å²) in [5.41, 5.74) is 4.73. The smallest absolute Gasteiger partial charge is 0.234 e. The van der Waals surface area contributed by atoms with Gasteiger partial charge in [-0.3, -0.25) is 9.36 Å². The Morgan fingerprint density at radius 1 is 1.03 bits per heavy atom. The second-order valence-electron chi connectivity index (χ2n) is 7.50. The molecule has 0 fully saturated rings. The van der Waals surface area contributed by atoms with E-state index in [0.29, 0.717) is 16.0 Å². The van der Waals surface area contributed by atoms with Crippen LogP contribution in [0.25, 0.3) is 17.1 Å². The maximum atomic E-state index is 12.6. The lowest BCUT2D eigenvalue weighted by molar-refractivity contribution is -0.113. The molecule has 0 unspecified atom stereocenters. The number of benzene rings is 3. The molecule has 8 heteroatoms. The second kappa shape index (κ2) is 10.1. The van der Waals surface area contributed by atoms with E-state index in [-0.39, 0.29) is 11.7 Å². The van der Waals surface area contributed by atoms with Gasteiger partial charge in [-0.2, -0.15) is 0 Å². The fourth-order valence-corrected chi connectivity index (χ4v) is 4.26. The van der Waals surface area contributed by atoms with Crippen molar-refractivity contribution >= 4 is 35.0 Å². The van der Waals surface area contributed by atoms with Crippen LogP contribution >= 0.6 is 23.4 Å². The molecule has 0 aliphatic carbocycles. The summed E-state index contributed by atoms with van der Waals surface area (Å²) in [6.07, 6.45) is 0. The molecule has 4 aromatic rings. The highest BCUT2D eigenvalue weighted by Crippen LogP contribution is 2.30. The molecule has 0 atom stereocenters. The summed E-state index contributed by atoms with van der Waals surface area (Å²) >= 11 is 7.42. The fourth-order valence-electron chi connectivity index (χ4n) is 3.38. The van der Waals surface area contributed by atoms with Gasteiger partial charge < -0.3 is 10.1 Å². The molecule has 33 heavy (non-hydrogen) atoms. The number of hydrogen-bond donors (Lipinski definition) is 1. The summed E-state index contributed by atoms with van der Waals surface area (Å²) in [5.74, 6) is 1.51. The average Bonchev–Trinajstić information content (AvgIpc) is 3.24. The van der Waals surface area contributed by atoms with E-state index in [9.17, 15) is 4.79 Å². The number of aromatic nitrogens is 3. The lowest BCUT2D eigenvalue weighted by Crippen LogP contribution is -2.15. The molecule has 1 aromatic heterocycles. The number of nitrogens with zero attached hydrogens (tertiary/aromatic N) is 3. The van der Waals surface area contributed by atoms with Crippen LogP contribution in [0.1, 0.15) is 11.1 Å². The molecule has 4 rings (SSSR count). The first kappa shape index (κ1) is 22.9. The molecule has 0 radical (unpaired) electrons. The third kappa shape index (κ3) is 5.38. The number of carbonyl (C=O) groups excluding carboxylic acids is 1. The highest BCUT2D eigenvalue weighted by atomic mass is 35.5. The predicted octanol–water partition coefficient (Wildman–Crippen LogP) is 5.94. The van der Waals surface area contributed by atoms with Gasteiger partial charge in [0.05, 0.1) is 12.9 Å². The number of halogens is 1. The molecule has 0 aliphatic heterocycles. The summed E-state index contributed by atoms with van der Waals surface area (Å²) in [4.78, 5) is 12.6. The maximum Gasteiger partial charge on any atom is 0.234 e. The van der Waals surface area contributed by atoms with Crippen molar-refractivity contribution in [2.75, 3.05) is 18.2 Å². The minimum atomic E-state index is -0.108. The third-order valence-electron chi connectivity index (χ3n) is 5.05. The molecule has 0 saturated heterocycles. The van der Waals surface area contributed by atoms with E-state index in [1.54, 1.807) is 7.11 Å². The van der Waals surface area contributed by atoms with Gasteiger partial charge in [-0.05, 0) is 74.0 Å². The van der Waals surface area contributed by atoms with Crippen molar-refractivity contribution in [1.82, 2.24) is 14.8 Å². The van der Waals surface area contributed by atoms with E-state index in [4.69, 9.17) is 16.3 Å². The zero-order chi connectivity index (χ0) is 23.4. The van der Waals surface area contributed by atoms with E-state index in [0.717, 1.165) is 33.8 Å². The largest absolute Gasteiger partial charge is 0.497 e. The number of ether oxygens (including phenoxy) is 1. The highest BCUT2D eigenvalue weighted by molar-refractivity contribution is 7.99. The Morgan fingerprint density at radius 3 is 2.42 bits per heavy atom. The minimum Gasteiger partial charge on any atom is -0.497 e. The van der Waals surface area contributed by atoms with Crippen LogP contribution in [0.4, 0.5) is 5.69 Å². The SMILES string of the molecule is COc1ccc(-c2nnc(SCC(=O)Nc3ccc(C)cc3C)n2-c2ccc(Cl)cc2)cc1. The zero-order valence-electron chi connectivity index (χ0n) is 18.5. The van der Waals surface area contributed by atoms with E-state index in [2.05, 4.69) is 15.5 Å². The van der Waals surface area contributed by atoms with E-state index >= 15 is 0 Å². The Hall–Kier alpha value is -3.29. The lowest BCUT2D eigenvalue weighted by Gasteiger charge is -2.12. The summed E-state index contributed by atoms with van der Waals surface area (Å²) in [6.45, 7) is 4.01. The number of hydrogen-bond acceptors (Lipinski definition) is 5. The Bertz CT molecular complexity index is 1270. The van der Waals surface area contributed by atoms with Crippen LogP contribution in [0.3, 0.4) is 0 Å². The van der Waals surface area contributed by atoms with Crippen molar-refractivity contribution in [2.24, 2.45) is 0 Å². The van der Waals surface area contributed by atoms with Crippen LogP contribution in [-0.2, 0) is 4.79 Å². The maximum absolute atomic E-state index is 12.6. The first-order valence-corrected chi connectivity index (χ1v) is 11.7. The van der Waals surface area contributed by atoms with Gasteiger partial charge in [0.25, 0.3) is 0 Å². The quantitative estimate of drug-likeness (QED) is 0.333. The number of rotatable bonds is 7. The average molecular weight is 479 g/mol. The minimum absolute atomic E-state index is 0.108. The van der Waals surface area contributed by atoms with Gasteiger partial charge in [-0.1, -0.05) is 41.1 Å². The van der Waals surface area contributed by atoms with E-state index in [1.807, 2.05) is 85.1 Å². The summed E-state index contributed by atoms with van der Waals surface area (Å²) in [6, 6.07) is 21.0. The number of carbonyl (C=O) groups is 1. The van der Waals surface area contributed by atoms with Crippen molar-refractivity contribution in [1.29, 1.82) is 0 Å². The van der Waals surface area contributed by atoms with Crippen molar-refractivity contribution in [2.45, 2.75) is 19.0 Å². The third-order valence-corrected chi connectivity index (χ3v) is 6.24. The topological polar surface area (TPSA) is 69.0 Å². The molecule has 1 N–H and O–H groups in total. The van der Waals surface area contributed by atoms with Gasteiger partial charge in [0, 0.05) is 22.0 Å². The summed E-state index contributed by atoms with van der Waals surface area (Å²) < 4.78 is 7.18. The van der Waals surface area contributed by atoms with Crippen molar-refractivity contribution in [3.05, 3.63) is 82.9 Å². The number of anilines is 1. The molecule has 0 bridgehead atoms. The van der Waals surface area contributed by atoms with Crippen molar-refractivity contribution < 1.29 is 9.53 Å². The standard InChI is InChI=1S/C25H23ClN4O2S/c1-16-4-13-22(17(2)14-16)27-23(31)15-33-25-29-28-24(18-5-11-21(32-3)12-6-18)30(25)20-9-7-19(26)8-10-20/h4-14H,15H2,1-3H3,(H,27,31). The van der Waals surface area contributed by atoms with Gasteiger partial charge in [0.1, 0.15) is 5.75 Å². The molecular weight excluding hydrogens is 456 g/mol. The van der Waals surface area contributed by atoms with Crippen LogP contribution in [0, 0.1) is 13.8 Å². The summed E-state index contributed by atoms with van der Waals surface area (Å²) in [5, 5.41) is 13.0. The fraction of sp³-hybridized carbons (Fsp3) is 0.160. The second-order valence-corrected chi connectivity index (χ2v) is 8.88. The van der Waals surface area contributed by atoms with Crippen LogP contribution in [0.2, 0.25) is 5.02 Å². The molecule has 6 nitrogen and oxygen atoms in total. The van der Waals surface area contributed by atoms with E-state index < -0.39 is 0 Å². The number of amides is 1. The molecular formula is C25H23ClN4O2S. The van der Waals surface area contributed by atoms with Gasteiger partial charge in [0.2, 0.25) is 5.91 Å². The number of aryl methyl sites for hydroxylation is 2. The van der Waals surface area contributed by atoms with E-state index in [1.165, 1.54) is 11.8 Å². The van der Waals surface area contributed by atoms with Gasteiger partial charge in [0.15, 0.2) is 11.0 Å². The first-order valence-electron chi connectivity index (χ1n) is 10.3. The van der Waals surface area contributed by atoms with Gasteiger partial charge in [-0.25, -0.2) is 0 Å². The van der Waals surface area contributed by atoms with Crippen LogP contribution in [0.15, 0.2) is 71.9 Å². The molecule has 1 heterocycles. The number of nitrogens with one attached hydrogen (secondary N) is 1. The first-order chi connectivity index (χ1) is 15.9. The normalized spacial score (nSPS) is 10.8. The monoisotopic (exact) mass is 478 g/mol. The molecule has 0 aliphatic rings. The van der Waals surface area contributed by atoms with Gasteiger partial charge in [-0.15, -0.1) is 10.2 Å². The number of methoxy groups -OCH3 is 1. The Morgan fingerprint density at radius 2 is 1.76 bits per heavy atom. The predicted molar refractivity (Wildman–Crippen MR) is 134 cm³/mol. The molecule has 1 amide bonds. The highest BCUT2D eigenvalue weighted by Gasteiger charge is 2.18. The van der Waals surface area contributed by atoms with Crippen LogP contribution in [0.5, 0.6) is 5.75 Å². The Balaban J connectivity index is 1.60. The molecule has 3 aromatic carbocycles. The molecule has 168 valence electrons. The van der Waals surface area contributed by atoms with Gasteiger partial charge >= 0.3 is 0 Å².